The average Bonchev–Trinajstić information content (AvgIpc) is 3.99. The maximum atomic E-state index is 2.49. The van der Waals surface area contributed by atoms with Gasteiger partial charge in [0, 0.05) is 49.3 Å². The first kappa shape index (κ1) is 34.3. The zero-order chi connectivity index (χ0) is 41.2. The van der Waals surface area contributed by atoms with E-state index < -0.39 is 0 Å². The summed E-state index contributed by atoms with van der Waals surface area (Å²) in [7, 11) is 0. The van der Waals surface area contributed by atoms with Crippen LogP contribution in [0.5, 0.6) is 0 Å². The van der Waals surface area contributed by atoms with Gasteiger partial charge < -0.3 is 13.7 Å². The molecule has 3 nitrogen and oxygen atoms in total. The van der Waals surface area contributed by atoms with E-state index in [4.69, 9.17) is 0 Å². The molecule has 0 spiro atoms. The van der Waals surface area contributed by atoms with E-state index in [1.165, 1.54) is 116 Å². The summed E-state index contributed by atoms with van der Waals surface area (Å²) in [5.41, 5.74) is 20.4. The molecule has 0 saturated carbocycles. The molecule has 13 aromatic rings. The lowest BCUT2D eigenvalue weighted by molar-refractivity contribution is 1.16. The number of aromatic nitrogens is 3. The second-order valence-corrected chi connectivity index (χ2v) is 16.8. The second kappa shape index (κ2) is 13.1. The van der Waals surface area contributed by atoms with Crippen molar-refractivity contribution in [3.05, 3.63) is 224 Å². The van der Waals surface area contributed by atoms with Crippen molar-refractivity contribution < 1.29 is 0 Å². The maximum Gasteiger partial charge on any atom is 0.0547 e. The third-order valence-corrected chi connectivity index (χ3v) is 13.6. The Labute approximate surface area is 363 Å². The van der Waals surface area contributed by atoms with Crippen molar-refractivity contribution in [3.63, 3.8) is 0 Å². The Hall–Kier alpha value is -8.40. The van der Waals surface area contributed by atoms with Gasteiger partial charge in [-0.25, -0.2) is 0 Å². The van der Waals surface area contributed by atoms with Crippen molar-refractivity contribution in [2.45, 2.75) is 0 Å². The van der Waals surface area contributed by atoms with Gasteiger partial charge in [-0.05, 0) is 106 Å². The summed E-state index contributed by atoms with van der Waals surface area (Å²) in [4.78, 5) is 0. The molecule has 3 aromatic heterocycles. The van der Waals surface area contributed by atoms with Gasteiger partial charge in [-0.2, -0.15) is 0 Å². The molecule has 0 radical (unpaired) electrons. The molecule has 0 saturated heterocycles. The van der Waals surface area contributed by atoms with Crippen LogP contribution in [0.25, 0.3) is 127 Å². The maximum absolute atomic E-state index is 2.49. The Balaban J connectivity index is 1.05. The molecule has 0 unspecified atom stereocenters. The van der Waals surface area contributed by atoms with E-state index in [0.29, 0.717) is 0 Å². The first-order valence-electron chi connectivity index (χ1n) is 21.8. The number of benzene rings is 10. The molecule has 0 fully saturated rings. The molecule has 63 heavy (non-hydrogen) atoms. The second-order valence-electron chi connectivity index (χ2n) is 16.8. The largest absolute Gasteiger partial charge is 0.309 e. The topological polar surface area (TPSA) is 14.8 Å². The first-order chi connectivity index (χ1) is 31.3. The van der Waals surface area contributed by atoms with Crippen molar-refractivity contribution in [1.29, 1.82) is 0 Å². The summed E-state index contributed by atoms with van der Waals surface area (Å²) in [5, 5.41) is 7.50. The highest BCUT2D eigenvalue weighted by atomic mass is 15.0. The van der Waals surface area contributed by atoms with Crippen LogP contribution in [-0.4, -0.2) is 13.7 Å². The van der Waals surface area contributed by atoms with Gasteiger partial charge in [0.1, 0.15) is 0 Å². The van der Waals surface area contributed by atoms with Gasteiger partial charge in [0.25, 0.3) is 0 Å². The lowest BCUT2D eigenvalue weighted by atomic mass is 9.80. The quantitative estimate of drug-likeness (QED) is 0.169. The van der Waals surface area contributed by atoms with Gasteiger partial charge in [0.15, 0.2) is 0 Å². The first-order valence-corrected chi connectivity index (χ1v) is 21.8. The van der Waals surface area contributed by atoms with Crippen LogP contribution in [0.1, 0.15) is 0 Å². The van der Waals surface area contributed by atoms with E-state index in [9.17, 15) is 0 Å². The van der Waals surface area contributed by atoms with Gasteiger partial charge in [-0.1, -0.05) is 158 Å². The minimum Gasteiger partial charge on any atom is -0.309 e. The molecule has 1 aliphatic rings. The Morgan fingerprint density at radius 2 is 0.571 bits per heavy atom. The zero-order valence-electron chi connectivity index (χ0n) is 34.2. The fourth-order valence-corrected chi connectivity index (χ4v) is 11.0. The predicted octanol–water partition coefficient (Wildman–Crippen LogP) is 16.0. The summed E-state index contributed by atoms with van der Waals surface area (Å²) < 4.78 is 7.37. The van der Waals surface area contributed by atoms with E-state index in [-0.39, 0.29) is 0 Å². The monoisotopic (exact) mass is 799 g/mol. The molecule has 0 aliphatic heterocycles. The molecular weight excluding hydrogens is 763 g/mol. The molecule has 0 atom stereocenters. The van der Waals surface area contributed by atoms with Crippen LogP contribution < -0.4 is 0 Å². The molecule has 1 aliphatic carbocycles. The highest BCUT2D eigenvalue weighted by Crippen LogP contribution is 2.51. The molecule has 10 aromatic carbocycles. The number of nitrogens with zero attached hydrogens (tertiary/aromatic N) is 3. The van der Waals surface area contributed by atoms with Crippen molar-refractivity contribution >= 4 is 65.4 Å². The molecule has 0 N–H and O–H groups in total. The Morgan fingerprint density at radius 3 is 1.10 bits per heavy atom. The summed E-state index contributed by atoms with van der Waals surface area (Å²) in [6.07, 6.45) is 0. The SMILES string of the molecule is c1ccc2c(c1)-c1ccccc1-c1cccc(-n3c4ccccc4c4ccccc43)c1-c1ccc(-n3c4ccccc4c4cc(-n5c6ccccc6c6ccccc65)ccc43)cc1-2. The molecule has 14 rings (SSSR count). The molecule has 3 heteroatoms. The summed E-state index contributed by atoms with van der Waals surface area (Å²) in [6.45, 7) is 0. The van der Waals surface area contributed by atoms with Crippen LogP contribution in [0.15, 0.2) is 224 Å². The van der Waals surface area contributed by atoms with Crippen molar-refractivity contribution in [3.8, 4) is 61.6 Å². The van der Waals surface area contributed by atoms with Gasteiger partial charge in [0.05, 0.1) is 38.8 Å². The Morgan fingerprint density at radius 1 is 0.206 bits per heavy atom. The fraction of sp³-hybridized carbons (Fsp3) is 0. The van der Waals surface area contributed by atoms with Crippen molar-refractivity contribution in [2.75, 3.05) is 0 Å². The van der Waals surface area contributed by atoms with Crippen molar-refractivity contribution in [1.82, 2.24) is 13.7 Å². The van der Waals surface area contributed by atoms with E-state index in [0.717, 1.165) is 11.4 Å². The number of hydrogen-bond acceptors (Lipinski definition) is 0. The lowest BCUT2D eigenvalue weighted by Gasteiger charge is -2.26. The van der Waals surface area contributed by atoms with Gasteiger partial charge in [0.2, 0.25) is 0 Å². The number of rotatable bonds is 3. The van der Waals surface area contributed by atoms with Gasteiger partial charge in [-0.3, -0.25) is 0 Å². The fourth-order valence-electron chi connectivity index (χ4n) is 11.0. The van der Waals surface area contributed by atoms with Crippen molar-refractivity contribution in [2.24, 2.45) is 0 Å². The normalized spacial score (nSPS) is 12.1. The summed E-state index contributed by atoms with van der Waals surface area (Å²) in [5.74, 6) is 0. The molecule has 3 heterocycles. The average molecular weight is 800 g/mol. The summed E-state index contributed by atoms with van der Waals surface area (Å²) >= 11 is 0. The van der Waals surface area contributed by atoms with E-state index in [1.807, 2.05) is 0 Å². The molecular formula is C60H37N3. The minimum absolute atomic E-state index is 1.13. The highest BCUT2D eigenvalue weighted by molar-refractivity contribution is 6.14. The highest BCUT2D eigenvalue weighted by Gasteiger charge is 2.27. The Bertz CT molecular complexity index is 3930. The summed E-state index contributed by atoms with van der Waals surface area (Å²) in [6, 6.07) is 83.0. The third kappa shape index (κ3) is 4.79. The number of para-hydroxylation sites is 5. The van der Waals surface area contributed by atoms with Crippen LogP contribution in [0.3, 0.4) is 0 Å². The van der Waals surface area contributed by atoms with Gasteiger partial charge >= 0.3 is 0 Å². The minimum atomic E-state index is 1.13. The number of fused-ring (bicyclic) bond motifs is 17. The van der Waals surface area contributed by atoms with Crippen LogP contribution in [0, 0.1) is 0 Å². The third-order valence-electron chi connectivity index (χ3n) is 13.6. The lowest BCUT2D eigenvalue weighted by Crippen LogP contribution is -2.04. The zero-order valence-corrected chi connectivity index (χ0v) is 34.2. The van der Waals surface area contributed by atoms with E-state index in [1.54, 1.807) is 0 Å². The molecule has 292 valence electrons. The molecule has 0 bridgehead atoms. The van der Waals surface area contributed by atoms with Crippen LogP contribution in [0.2, 0.25) is 0 Å². The van der Waals surface area contributed by atoms with Crippen LogP contribution >= 0.6 is 0 Å². The van der Waals surface area contributed by atoms with Gasteiger partial charge in [-0.15, -0.1) is 0 Å². The van der Waals surface area contributed by atoms with Crippen LogP contribution in [0.4, 0.5) is 0 Å². The smallest absolute Gasteiger partial charge is 0.0547 e. The Kier molecular flexibility index (Phi) is 7.11. The predicted molar refractivity (Wildman–Crippen MR) is 265 cm³/mol. The standard InChI is InChI=1S/C60H37N3/c1-3-18-42-40(16-1)41-17-2-4-19-43(41)51-36-38(32-34-50(51)60-49(42)25-15-31-59(60)63-56-29-13-7-22-46(56)47-23-8-14-30-57(47)63)62-55-28-12-9-24-48(55)52-37-39(33-35-58(52)62)61-53-26-10-5-20-44(53)45-21-6-11-27-54(45)61/h1-37H. The molecule has 0 amide bonds. The number of hydrogen-bond donors (Lipinski definition) is 0. The van der Waals surface area contributed by atoms with E-state index in [2.05, 4.69) is 238 Å². The van der Waals surface area contributed by atoms with E-state index >= 15 is 0 Å². The van der Waals surface area contributed by atoms with Crippen LogP contribution in [-0.2, 0) is 0 Å².